The zero-order valence-electron chi connectivity index (χ0n) is 14.2. The molecule has 0 aliphatic rings. The summed E-state index contributed by atoms with van der Waals surface area (Å²) in [6, 6.07) is 11.0. The lowest BCUT2D eigenvalue weighted by atomic mass is 10.2. The Morgan fingerprint density at radius 3 is 2.59 bits per heavy atom. The molecule has 0 bridgehead atoms. The molecule has 1 amide bonds. The Balaban J connectivity index is 2.13. The van der Waals surface area contributed by atoms with E-state index in [9.17, 15) is 13.2 Å². The van der Waals surface area contributed by atoms with Crippen molar-refractivity contribution >= 4 is 37.5 Å². The molecular formula is C18H15N3O4S2. The Morgan fingerprint density at radius 1 is 1.30 bits per heavy atom. The van der Waals surface area contributed by atoms with Gasteiger partial charge in [0.25, 0.3) is 5.91 Å². The number of rotatable bonds is 4. The molecule has 2 N–H and O–H groups in total. The second kappa shape index (κ2) is 7.36. The fraction of sp³-hybridized carbons (Fsp3) is 0.111. The van der Waals surface area contributed by atoms with Crippen LogP contribution in [0.25, 0.3) is 10.2 Å². The van der Waals surface area contributed by atoms with Gasteiger partial charge in [0.15, 0.2) is 4.80 Å². The lowest BCUT2D eigenvalue weighted by Gasteiger charge is -2.02. The number of benzene rings is 2. The van der Waals surface area contributed by atoms with Gasteiger partial charge in [-0.15, -0.1) is 6.42 Å². The number of ether oxygens (including phenoxy) is 1. The average Bonchev–Trinajstić information content (AvgIpc) is 2.98. The number of amides is 1. The molecular weight excluding hydrogens is 386 g/mol. The van der Waals surface area contributed by atoms with Gasteiger partial charge in [0.05, 0.1) is 28.8 Å². The quantitative estimate of drug-likeness (QED) is 0.672. The Morgan fingerprint density at radius 2 is 2.00 bits per heavy atom. The summed E-state index contributed by atoms with van der Waals surface area (Å²) in [5, 5.41) is 5.18. The van der Waals surface area contributed by atoms with E-state index >= 15 is 0 Å². The first-order valence-corrected chi connectivity index (χ1v) is 10.0. The van der Waals surface area contributed by atoms with Crippen LogP contribution in [0.2, 0.25) is 0 Å². The molecule has 0 aliphatic heterocycles. The number of carbonyl (C=O) groups excluding carboxylic acids is 1. The van der Waals surface area contributed by atoms with Crippen molar-refractivity contribution in [2.45, 2.75) is 11.4 Å². The van der Waals surface area contributed by atoms with Crippen LogP contribution < -0.4 is 14.7 Å². The van der Waals surface area contributed by atoms with Crippen LogP contribution in [0.4, 0.5) is 0 Å². The normalized spacial score (nSPS) is 12.1. The standard InChI is InChI=1S/C18H15N3O4S2/c1-3-10-21-15-9-8-14(27(19,23)24)11-16(15)26-18(21)20-17(22)12-4-6-13(25-2)7-5-12/h1,4-9,11H,10H2,2H3,(H2,19,23,24). The van der Waals surface area contributed by atoms with Gasteiger partial charge in [-0.1, -0.05) is 17.3 Å². The molecule has 0 radical (unpaired) electrons. The third-order valence-electron chi connectivity index (χ3n) is 3.77. The number of nitrogens with zero attached hydrogens (tertiary/aromatic N) is 2. The van der Waals surface area contributed by atoms with Crippen molar-refractivity contribution in [1.29, 1.82) is 0 Å². The molecule has 138 valence electrons. The van der Waals surface area contributed by atoms with Crippen molar-refractivity contribution in [3.63, 3.8) is 0 Å². The number of primary sulfonamides is 1. The minimum atomic E-state index is -3.84. The van der Waals surface area contributed by atoms with Crippen LogP contribution in [0.15, 0.2) is 52.4 Å². The molecule has 3 rings (SSSR count). The first kappa shape index (κ1) is 18.8. The maximum atomic E-state index is 12.5. The van der Waals surface area contributed by atoms with E-state index in [1.54, 1.807) is 34.9 Å². The highest BCUT2D eigenvalue weighted by Crippen LogP contribution is 2.21. The Hall–Kier alpha value is -2.93. The van der Waals surface area contributed by atoms with E-state index in [4.69, 9.17) is 16.3 Å². The first-order chi connectivity index (χ1) is 12.8. The number of terminal acetylenes is 1. The number of hydrogen-bond donors (Lipinski definition) is 1. The topological polar surface area (TPSA) is 104 Å². The molecule has 0 unspecified atom stereocenters. The lowest BCUT2D eigenvalue weighted by Crippen LogP contribution is -2.16. The van der Waals surface area contributed by atoms with E-state index in [-0.39, 0.29) is 11.4 Å². The summed E-state index contributed by atoms with van der Waals surface area (Å²) < 4.78 is 30.5. The zero-order valence-corrected chi connectivity index (χ0v) is 15.9. The third kappa shape index (κ3) is 3.93. The van der Waals surface area contributed by atoms with Crippen LogP contribution in [-0.2, 0) is 16.6 Å². The number of methoxy groups -OCH3 is 1. The molecule has 27 heavy (non-hydrogen) atoms. The largest absolute Gasteiger partial charge is 0.497 e. The van der Waals surface area contributed by atoms with Crippen LogP contribution in [-0.4, -0.2) is 26.0 Å². The summed E-state index contributed by atoms with van der Waals surface area (Å²) in [6.07, 6.45) is 5.43. The van der Waals surface area contributed by atoms with Gasteiger partial charge >= 0.3 is 0 Å². The predicted octanol–water partition coefficient (Wildman–Crippen LogP) is 1.73. The SMILES string of the molecule is C#CCn1c(=NC(=O)c2ccc(OC)cc2)sc2cc(S(N)(=O)=O)ccc21. The molecule has 0 saturated heterocycles. The number of sulfonamides is 1. The van der Waals surface area contributed by atoms with E-state index in [1.807, 2.05) is 0 Å². The second-order valence-electron chi connectivity index (χ2n) is 5.49. The van der Waals surface area contributed by atoms with Gasteiger partial charge in [0, 0.05) is 5.56 Å². The zero-order chi connectivity index (χ0) is 19.6. The summed E-state index contributed by atoms with van der Waals surface area (Å²) >= 11 is 1.16. The number of thiazole rings is 1. The van der Waals surface area contributed by atoms with E-state index in [1.165, 1.54) is 19.2 Å². The molecule has 0 spiro atoms. The molecule has 2 aromatic carbocycles. The summed E-state index contributed by atoms with van der Waals surface area (Å²) in [5.41, 5.74) is 1.07. The van der Waals surface area contributed by atoms with E-state index in [0.717, 1.165) is 11.3 Å². The van der Waals surface area contributed by atoms with Crippen molar-refractivity contribution < 1.29 is 17.9 Å². The maximum absolute atomic E-state index is 12.5. The van der Waals surface area contributed by atoms with Gasteiger partial charge in [-0.2, -0.15) is 4.99 Å². The minimum absolute atomic E-state index is 0.0165. The molecule has 0 atom stereocenters. The van der Waals surface area contributed by atoms with Gasteiger partial charge in [-0.05, 0) is 42.5 Å². The number of carbonyl (C=O) groups is 1. The molecule has 7 nitrogen and oxygen atoms in total. The van der Waals surface area contributed by atoms with Gasteiger partial charge in [0.1, 0.15) is 5.75 Å². The van der Waals surface area contributed by atoms with Gasteiger partial charge < -0.3 is 9.30 Å². The van der Waals surface area contributed by atoms with Crippen molar-refractivity contribution in [3.05, 3.63) is 52.8 Å². The highest BCUT2D eigenvalue weighted by Gasteiger charge is 2.13. The molecule has 0 aliphatic carbocycles. The van der Waals surface area contributed by atoms with Crippen molar-refractivity contribution in [2.75, 3.05) is 7.11 Å². The van der Waals surface area contributed by atoms with Crippen LogP contribution in [0.5, 0.6) is 5.75 Å². The number of nitrogens with two attached hydrogens (primary N) is 1. The summed E-state index contributed by atoms with van der Waals surface area (Å²) in [7, 11) is -2.30. The van der Waals surface area contributed by atoms with Gasteiger partial charge in [0.2, 0.25) is 10.0 Å². The molecule has 0 saturated carbocycles. The highest BCUT2D eigenvalue weighted by molar-refractivity contribution is 7.89. The van der Waals surface area contributed by atoms with Crippen LogP contribution >= 0.6 is 11.3 Å². The maximum Gasteiger partial charge on any atom is 0.279 e. The van der Waals surface area contributed by atoms with Crippen molar-refractivity contribution in [3.8, 4) is 18.1 Å². The first-order valence-electron chi connectivity index (χ1n) is 7.66. The number of hydrogen-bond acceptors (Lipinski definition) is 5. The van der Waals surface area contributed by atoms with Crippen molar-refractivity contribution in [2.24, 2.45) is 10.1 Å². The molecule has 9 heteroatoms. The van der Waals surface area contributed by atoms with Crippen LogP contribution in [0, 0.1) is 12.3 Å². The fourth-order valence-electron chi connectivity index (χ4n) is 2.44. The monoisotopic (exact) mass is 401 g/mol. The number of aromatic nitrogens is 1. The predicted molar refractivity (Wildman–Crippen MR) is 103 cm³/mol. The Bertz CT molecular complexity index is 1230. The fourth-order valence-corrected chi connectivity index (χ4v) is 4.13. The smallest absolute Gasteiger partial charge is 0.279 e. The summed E-state index contributed by atoms with van der Waals surface area (Å²) in [4.78, 5) is 17.0. The van der Waals surface area contributed by atoms with E-state index < -0.39 is 15.9 Å². The summed E-state index contributed by atoms with van der Waals surface area (Å²) in [6.45, 7) is 0.184. The summed E-state index contributed by atoms with van der Waals surface area (Å²) in [5.74, 6) is 2.70. The molecule has 1 heterocycles. The third-order valence-corrected chi connectivity index (χ3v) is 5.72. The minimum Gasteiger partial charge on any atom is -0.497 e. The van der Waals surface area contributed by atoms with Crippen LogP contribution in [0.3, 0.4) is 0 Å². The van der Waals surface area contributed by atoms with Crippen molar-refractivity contribution in [1.82, 2.24) is 4.57 Å². The molecule has 3 aromatic rings. The lowest BCUT2D eigenvalue weighted by molar-refractivity contribution is 0.0998. The van der Waals surface area contributed by atoms with Crippen LogP contribution in [0.1, 0.15) is 10.4 Å². The highest BCUT2D eigenvalue weighted by atomic mass is 32.2. The van der Waals surface area contributed by atoms with Gasteiger partial charge in [-0.25, -0.2) is 13.6 Å². The molecule has 0 fully saturated rings. The van der Waals surface area contributed by atoms with E-state index in [2.05, 4.69) is 10.9 Å². The molecule has 1 aromatic heterocycles. The van der Waals surface area contributed by atoms with E-state index in [0.29, 0.717) is 26.3 Å². The average molecular weight is 401 g/mol. The Labute approximate surface area is 159 Å². The Kier molecular flexibility index (Phi) is 5.14. The number of fused-ring (bicyclic) bond motifs is 1. The second-order valence-corrected chi connectivity index (χ2v) is 8.07. The van der Waals surface area contributed by atoms with Gasteiger partial charge in [-0.3, -0.25) is 4.79 Å².